The molecule has 0 aliphatic heterocycles. The fourth-order valence-electron chi connectivity index (χ4n) is 1.70. The van der Waals surface area contributed by atoms with E-state index in [1.54, 1.807) is 24.3 Å². The molecule has 3 aromatic rings. The van der Waals surface area contributed by atoms with Gasteiger partial charge in [0, 0.05) is 11.1 Å². The second-order valence-electron chi connectivity index (χ2n) is 3.75. The normalized spacial score (nSPS) is 10.9. The van der Waals surface area contributed by atoms with Crippen molar-refractivity contribution >= 4 is 28.5 Å². The number of hydrogen-bond donors (Lipinski definition) is 2. The molecule has 0 bridgehead atoms. The van der Waals surface area contributed by atoms with E-state index < -0.39 is 0 Å². The Morgan fingerprint density at radius 1 is 1.33 bits per heavy atom. The van der Waals surface area contributed by atoms with Gasteiger partial charge in [-0.05, 0) is 18.2 Å². The molecule has 3 rings (SSSR count). The first-order chi connectivity index (χ1) is 8.65. The lowest BCUT2D eigenvalue weighted by atomic mass is 10.3. The number of aromatic nitrogens is 4. The van der Waals surface area contributed by atoms with E-state index >= 15 is 0 Å². The Labute approximate surface area is 106 Å². The van der Waals surface area contributed by atoms with Gasteiger partial charge in [0.1, 0.15) is 0 Å². The SMILES string of the molecule is Nc1n[nH]c2cc(=O)n(-c3cccc(Cl)c3)nc12. The van der Waals surface area contributed by atoms with Crippen LogP contribution in [0.3, 0.4) is 0 Å². The number of nitrogens with one attached hydrogen (secondary N) is 1. The predicted octanol–water partition coefficient (Wildman–Crippen LogP) is 1.34. The minimum Gasteiger partial charge on any atom is -0.380 e. The number of nitrogen functional groups attached to an aromatic ring is 1. The third-order valence-electron chi connectivity index (χ3n) is 2.52. The third kappa shape index (κ3) is 1.63. The molecular weight excluding hydrogens is 254 g/mol. The molecule has 0 radical (unpaired) electrons. The van der Waals surface area contributed by atoms with Crippen LogP contribution in [-0.2, 0) is 0 Å². The first kappa shape index (κ1) is 10.8. The van der Waals surface area contributed by atoms with Crippen molar-refractivity contribution < 1.29 is 0 Å². The molecule has 0 saturated heterocycles. The van der Waals surface area contributed by atoms with Crippen molar-refractivity contribution in [3.63, 3.8) is 0 Å². The molecule has 18 heavy (non-hydrogen) atoms. The molecule has 6 nitrogen and oxygen atoms in total. The predicted molar refractivity (Wildman–Crippen MR) is 68.9 cm³/mol. The van der Waals surface area contributed by atoms with Crippen molar-refractivity contribution in [3.05, 3.63) is 45.7 Å². The summed E-state index contributed by atoms with van der Waals surface area (Å²) in [6, 6.07) is 8.25. The lowest BCUT2D eigenvalue weighted by molar-refractivity contribution is 0.832. The Hall–Kier alpha value is -2.34. The molecule has 90 valence electrons. The van der Waals surface area contributed by atoms with Crippen LogP contribution >= 0.6 is 11.6 Å². The Bertz CT molecular complexity index is 791. The molecule has 0 fully saturated rings. The summed E-state index contributed by atoms with van der Waals surface area (Å²) >= 11 is 5.89. The minimum absolute atomic E-state index is 0.251. The van der Waals surface area contributed by atoms with Gasteiger partial charge in [-0.2, -0.15) is 14.9 Å². The lowest BCUT2D eigenvalue weighted by Crippen LogP contribution is -2.20. The summed E-state index contributed by atoms with van der Waals surface area (Å²) in [5, 5.41) is 11.1. The third-order valence-corrected chi connectivity index (χ3v) is 2.76. The van der Waals surface area contributed by atoms with Crippen LogP contribution in [0.15, 0.2) is 35.1 Å². The van der Waals surface area contributed by atoms with Crippen LogP contribution in [0.25, 0.3) is 16.7 Å². The van der Waals surface area contributed by atoms with E-state index in [4.69, 9.17) is 17.3 Å². The number of halogens is 1. The maximum absolute atomic E-state index is 11.9. The number of nitrogens with zero attached hydrogens (tertiary/aromatic N) is 3. The maximum atomic E-state index is 11.9. The minimum atomic E-state index is -0.284. The highest BCUT2D eigenvalue weighted by atomic mass is 35.5. The molecule has 0 saturated carbocycles. The smallest absolute Gasteiger partial charge is 0.273 e. The summed E-state index contributed by atoms with van der Waals surface area (Å²) < 4.78 is 1.24. The molecule has 0 aliphatic rings. The van der Waals surface area contributed by atoms with Crippen LogP contribution < -0.4 is 11.3 Å². The van der Waals surface area contributed by atoms with Crippen molar-refractivity contribution in [3.8, 4) is 5.69 Å². The molecule has 2 heterocycles. The summed E-state index contributed by atoms with van der Waals surface area (Å²) in [5.74, 6) is 0.251. The molecule has 7 heteroatoms. The molecule has 0 aliphatic carbocycles. The van der Waals surface area contributed by atoms with Crippen molar-refractivity contribution in [1.82, 2.24) is 20.0 Å². The average molecular weight is 262 g/mol. The van der Waals surface area contributed by atoms with E-state index in [2.05, 4.69) is 15.3 Å². The van der Waals surface area contributed by atoms with Crippen LogP contribution in [0.2, 0.25) is 5.02 Å². The molecule has 0 atom stereocenters. The van der Waals surface area contributed by atoms with Crippen LogP contribution in [-0.4, -0.2) is 20.0 Å². The van der Waals surface area contributed by atoms with Gasteiger partial charge in [0.2, 0.25) is 0 Å². The fourth-order valence-corrected chi connectivity index (χ4v) is 1.88. The van der Waals surface area contributed by atoms with Gasteiger partial charge >= 0.3 is 0 Å². The highest BCUT2D eigenvalue weighted by Gasteiger charge is 2.09. The number of benzene rings is 1. The van der Waals surface area contributed by atoms with Crippen molar-refractivity contribution in [1.29, 1.82) is 0 Å². The summed E-state index contributed by atoms with van der Waals surface area (Å²) in [6.07, 6.45) is 0. The van der Waals surface area contributed by atoms with Gasteiger partial charge < -0.3 is 5.73 Å². The highest BCUT2D eigenvalue weighted by Crippen LogP contribution is 2.15. The van der Waals surface area contributed by atoms with Gasteiger partial charge in [-0.15, -0.1) is 0 Å². The Balaban J connectivity index is 2.31. The Morgan fingerprint density at radius 2 is 2.17 bits per heavy atom. The van der Waals surface area contributed by atoms with Crippen LogP contribution in [0.4, 0.5) is 5.82 Å². The zero-order valence-electron chi connectivity index (χ0n) is 9.09. The number of nitrogens with two attached hydrogens (primary N) is 1. The van der Waals surface area contributed by atoms with E-state index in [9.17, 15) is 4.79 Å². The molecule has 0 spiro atoms. The lowest BCUT2D eigenvalue weighted by Gasteiger charge is -2.04. The molecule has 1 aromatic carbocycles. The zero-order chi connectivity index (χ0) is 12.7. The molecule has 2 aromatic heterocycles. The van der Waals surface area contributed by atoms with Gasteiger partial charge in [-0.1, -0.05) is 17.7 Å². The summed E-state index contributed by atoms with van der Waals surface area (Å²) in [4.78, 5) is 11.9. The second kappa shape index (κ2) is 3.85. The standard InChI is InChI=1S/C11H8ClN5O/c12-6-2-1-3-7(4-6)17-9(18)5-8-10(16-17)11(13)15-14-8/h1-5,14H,(H2,13,15). The van der Waals surface area contributed by atoms with E-state index in [1.165, 1.54) is 10.7 Å². The summed E-state index contributed by atoms with van der Waals surface area (Å²) in [5.41, 5.74) is 6.91. The van der Waals surface area contributed by atoms with Crippen molar-refractivity contribution in [2.75, 3.05) is 5.73 Å². The Morgan fingerprint density at radius 3 is 2.94 bits per heavy atom. The summed E-state index contributed by atoms with van der Waals surface area (Å²) in [7, 11) is 0. The summed E-state index contributed by atoms with van der Waals surface area (Å²) in [6.45, 7) is 0. The fraction of sp³-hybridized carbons (Fsp3) is 0. The van der Waals surface area contributed by atoms with Gasteiger partial charge in [0.05, 0.1) is 11.2 Å². The molecular formula is C11H8ClN5O. The quantitative estimate of drug-likeness (QED) is 0.692. The zero-order valence-corrected chi connectivity index (χ0v) is 9.85. The maximum Gasteiger partial charge on any atom is 0.273 e. The average Bonchev–Trinajstić information content (AvgIpc) is 2.69. The topological polar surface area (TPSA) is 89.6 Å². The first-order valence-electron chi connectivity index (χ1n) is 5.15. The number of rotatable bonds is 1. The van der Waals surface area contributed by atoms with E-state index in [-0.39, 0.29) is 11.4 Å². The van der Waals surface area contributed by atoms with E-state index in [0.717, 1.165) is 0 Å². The van der Waals surface area contributed by atoms with Gasteiger partial charge in [0.25, 0.3) is 5.56 Å². The molecule has 3 N–H and O–H groups in total. The van der Waals surface area contributed by atoms with E-state index in [1.807, 2.05) is 0 Å². The molecule has 0 unspecified atom stereocenters. The van der Waals surface area contributed by atoms with Gasteiger partial charge in [0.15, 0.2) is 11.3 Å². The molecule has 0 amide bonds. The number of hydrogen-bond acceptors (Lipinski definition) is 4. The number of aromatic amines is 1. The van der Waals surface area contributed by atoms with Gasteiger partial charge in [-0.25, -0.2) is 0 Å². The second-order valence-corrected chi connectivity index (χ2v) is 4.18. The number of H-pyrrole nitrogens is 1. The van der Waals surface area contributed by atoms with Crippen LogP contribution in [0, 0.1) is 0 Å². The van der Waals surface area contributed by atoms with Gasteiger partial charge in [-0.3, -0.25) is 9.89 Å². The number of anilines is 1. The van der Waals surface area contributed by atoms with Crippen LogP contribution in [0.5, 0.6) is 0 Å². The van der Waals surface area contributed by atoms with E-state index in [0.29, 0.717) is 21.7 Å². The number of fused-ring (bicyclic) bond motifs is 1. The monoisotopic (exact) mass is 261 g/mol. The van der Waals surface area contributed by atoms with Crippen LogP contribution in [0.1, 0.15) is 0 Å². The first-order valence-corrected chi connectivity index (χ1v) is 5.53. The Kier molecular flexibility index (Phi) is 2.31. The van der Waals surface area contributed by atoms with Crippen molar-refractivity contribution in [2.45, 2.75) is 0 Å². The largest absolute Gasteiger partial charge is 0.380 e. The van der Waals surface area contributed by atoms with Crippen molar-refractivity contribution in [2.24, 2.45) is 0 Å². The highest BCUT2D eigenvalue weighted by molar-refractivity contribution is 6.30.